The normalized spacial score (nSPS) is 40.6. The largest absolute Gasteiger partial charge is 0.481 e. The van der Waals surface area contributed by atoms with Crippen LogP contribution in [-0.4, -0.2) is 171 Å². The highest BCUT2D eigenvalue weighted by atomic mass is 16.7. The summed E-state index contributed by atoms with van der Waals surface area (Å²) >= 11 is 0. The molecule has 19 heteroatoms. The van der Waals surface area contributed by atoms with Gasteiger partial charge in [0, 0.05) is 44.4 Å². The lowest BCUT2D eigenvalue weighted by molar-refractivity contribution is -0.309. The molecule has 2 fully saturated rings. The Morgan fingerprint density at radius 3 is 1.81 bits per heavy atom. The first-order valence-corrected chi connectivity index (χ1v) is 23.2. The number of amides is 1. The van der Waals surface area contributed by atoms with Crippen LogP contribution in [0.4, 0.5) is 0 Å². The van der Waals surface area contributed by atoms with Gasteiger partial charge in [-0.1, -0.05) is 98.9 Å². The van der Waals surface area contributed by atoms with Gasteiger partial charge >= 0.3 is 11.9 Å². The summed E-state index contributed by atoms with van der Waals surface area (Å²) in [5, 5.41) is 122. The van der Waals surface area contributed by atoms with Crippen LogP contribution in [0.2, 0.25) is 0 Å². The lowest BCUT2D eigenvalue weighted by Crippen LogP contribution is -2.64. The monoisotopic (exact) mass is 965 g/mol. The van der Waals surface area contributed by atoms with Crippen molar-refractivity contribution in [3.63, 3.8) is 0 Å². The van der Waals surface area contributed by atoms with Gasteiger partial charge < -0.3 is 80.4 Å². The van der Waals surface area contributed by atoms with E-state index in [0.717, 1.165) is 0 Å². The minimum atomic E-state index is -2.36. The number of allylic oxidation sites excluding steroid dienone is 12. The predicted octanol–water partition coefficient (Wildman–Crippen LogP) is 0.889. The minimum Gasteiger partial charge on any atom is -0.481 e. The summed E-state index contributed by atoms with van der Waals surface area (Å²) in [5.74, 6) is -7.49. The highest BCUT2D eigenvalue weighted by Crippen LogP contribution is 2.38. The number of cyclic esters (lactones) is 1. The first-order chi connectivity index (χ1) is 32.0. The third kappa shape index (κ3) is 19.5. The first-order valence-electron chi connectivity index (χ1n) is 23.2. The summed E-state index contributed by atoms with van der Waals surface area (Å²) in [4.78, 5) is 37.1. The molecule has 0 aliphatic carbocycles. The van der Waals surface area contributed by atoms with E-state index in [1.165, 1.54) is 19.9 Å². The number of aliphatic hydroxyl groups is 10. The summed E-state index contributed by atoms with van der Waals surface area (Å²) in [6.07, 6.45) is 2.48. The molecule has 384 valence electrons. The number of hydrogen-bond donors (Lipinski definition) is 12. The van der Waals surface area contributed by atoms with Gasteiger partial charge in [0.25, 0.3) is 0 Å². The first kappa shape index (κ1) is 58.4. The lowest BCUT2D eigenvalue weighted by Gasteiger charge is -2.45. The number of carboxylic acids is 1. The van der Waals surface area contributed by atoms with Crippen molar-refractivity contribution in [1.82, 2.24) is 5.32 Å². The van der Waals surface area contributed by atoms with Crippen LogP contribution < -0.4 is 5.32 Å². The molecule has 12 N–H and O–H groups in total. The average Bonchev–Trinajstić information content (AvgIpc) is 3.24. The molecular formula is C49H75NO18. The van der Waals surface area contributed by atoms with Crippen LogP contribution in [0.15, 0.2) is 85.1 Å². The number of esters is 1. The molecule has 0 aromatic rings. The van der Waals surface area contributed by atoms with Gasteiger partial charge in [-0.25, -0.2) is 0 Å². The molecule has 2 saturated heterocycles. The van der Waals surface area contributed by atoms with Gasteiger partial charge in [0.1, 0.15) is 24.2 Å². The van der Waals surface area contributed by atoms with Crippen molar-refractivity contribution in [3.8, 4) is 0 Å². The number of nitrogens with one attached hydrogen (secondary N) is 1. The van der Waals surface area contributed by atoms with Crippen LogP contribution in [0.25, 0.3) is 0 Å². The van der Waals surface area contributed by atoms with E-state index in [1.807, 2.05) is 13.0 Å². The van der Waals surface area contributed by atoms with Crippen LogP contribution in [0.3, 0.4) is 0 Å². The molecule has 3 aliphatic heterocycles. The highest BCUT2D eigenvalue weighted by Gasteiger charge is 2.51. The van der Waals surface area contributed by atoms with Gasteiger partial charge in [-0.05, 0) is 33.1 Å². The summed E-state index contributed by atoms with van der Waals surface area (Å²) in [6.45, 7) is 7.90. The summed E-state index contributed by atoms with van der Waals surface area (Å²) in [5.41, 5.74) is 0. The zero-order chi connectivity index (χ0) is 50.7. The Bertz CT molecular complexity index is 1780. The smallest absolute Gasteiger partial charge is 0.311 e. The number of aliphatic carboxylic acids is 1. The number of ether oxygens (including phenoxy) is 4. The second kappa shape index (κ2) is 28.7. The fourth-order valence-corrected chi connectivity index (χ4v) is 8.34. The topological polar surface area (TPSA) is 323 Å². The van der Waals surface area contributed by atoms with E-state index in [1.54, 1.807) is 86.8 Å². The fraction of sp³-hybridized carbons (Fsp3) is 0.653. The molecule has 19 nitrogen and oxygen atoms in total. The Hall–Kier alpha value is -3.93. The van der Waals surface area contributed by atoms with Gasteiger partial charge in [-0.2, -0.15) is 0 Å². The lowest BCUT2D eigenvalue weighted by atomic mass is 9.82. The maximum Gasteiger partial charge on any atom is 0.311 e. The Morgan fingerprint density at radius 2 is 1.24 bits per heavy atom. The molecule has 68 heavy (non-hydrogen) atoms. The van der Waals surface area contributed by atoms with Crippen molar-refractivity contribution < 1.29 is 89.5 Å². The standard InChI is InChI=1S/C49H75NO18/c1-28-18-16-14-12-10-8-6-7-9-11-13-15-17-19-36(67-48-46(61)43(50-32(5)51)45(60)31(4)66-48)25-40-42(47(62)63)39(57)27-49(64,68-40)26-35(54)23-38(56)37(55)21-20-33(52)22-34(53)24-41(58)65-30(3)29(2)44(28)59/h6-19,28-31,33-40,42-46,48,52-57,59-61,64H,20-27H2,1-5H3,(H,50,51)(H,62,63). The number of carboxylic acid groups (broad SMARTS) is 1. The Balaban J connectivity index is 1.90. The van der Waals surface area contributed by atoms with Crippen molar-refractivity contribution in [2.75, 3.05) is 0 Å². The molecule has 19 atom stereocenters. The number of fused-ring (bicyclic) bond motifs is 2. The third-order valence-corrected chi connectivity index (χ3v) is 12.3. The Kier molecular flexibility index (Phi) is 24.6. The van der Waals surface area contributed by atoms with E-state index in [2.05, 4.69) is 5.32 Å². The molecular weight excluding hydrogens is 891 g/mol. The van der Waals surface area contributed by atoms with Crippen LogP contribution in [0, 0.1) is 17.8 Å². The summed E-state index contributed by atoms with van der Waals surface area (Å²) in [7, 11) is 0. The van der Waals surface area contributed by atoms with Gasteiger partial charge in [-0.3, -0.25) is 14.4 Å². The molecule has 19 unspecified atom stereocenters. The Morgan fingerprint density at radius 1 is 0.662 bits per heavy atom. The van der Waals surface area contributed by atoms with E-state index < -0.39 is 153 Å². The van der Waals surface area contributed by atoms with Crippen molar-refractivity contribution >= 4 is 17.8 Å². The van der Waals surface area contributed by atoms with Gasteiger partial charge in [0.2, 0.25) is 5.91 Å². The number of hydrogen-bond acceptors (Lipinski definition) is 17. The fourth-order valence-electron chi connectivity index (χ4n) is 8.34. The van der Waals surface area contributed by atoms with Crippen LogP contribution in [0.1, 0.15) is 86.0 Å². The minimum absolute atomic E-state index is 0.119. The van der Waals surface area contributed by atoms with Gasteiger partial charge in [0.15, 0.2) is 12.1 Å². The quantitative estimate of drug-likeness (QED) is 0.174. The molecule has 0 aromatic heterocycles. The second-order valence-corrected chi connectivity index (χ2v) is 18.2. The molecule has 3 rings (SSSR count). The van der Waals surface area contributed by atoms with Crippen LogP contribution >= 0.6 is 0 Å². The zero-order valence-corrected chi connectivity index (χ0v) is 39.4. The number of carbonyl (C=O) groups excluding carboxylic acids is 2. The summed E-state index contributed by atoms with van der Waals surface area (Å²) in [6, 6.07) is -1.21. The Labute approximate surface area is 398 Å². The predicted molar refractivity (Wildman–Crippen MR) is 247 cm³/mol. The molecule has 0 spiro atoms. The van der Waals surface area contributed by atoms with Crippen LogP contribution in [0.5, 0.6) is 0 Å². The van der Waals surface area contributed by atoms with Crippen molar-refractivity contribution in [2.45, 2.75) is 183 Å². The second-order valence-electron chi connectivity index (χ2n) is 18.2. The molecule has 3 heterocycles. The van der Waals surface area contributed by atoms with E-state index in [4.69, 9.17) is 18.9 Å². The highest BCUT2D eigenvalue weighted by molar-refractivity contribution is 5.73. The van der Waals surface area contributed by atoms with Gasteiger partial charge in [-0.15, -0.1) is 0 Å². The van der Waals surface area contributed by atoms with E-state index >= 15 is 0 Å². The number of carbonyl (C=O) groups is 3. The van der Waals surface area contributed by atoms with Gasteiger partial charge in [0.05, 0.1) is 73.5 Å². The van der Waals surface area contributed by atoms with E-state index in [9.17, 15) is 70.6 Å². The van der Waals surface area contributed by atoms with E-state index in [-0.39, 0.29) is 31.6 Å². The molecule has 0 saturated carbocycles. The maximum absolute atomic E-state index is 12.6. The zero-order valence-electron chi connectivity index (χ0n) is 39.4. The van der Waals surface area contributed by atoms with E-state index in [0.29, 0.717) is 0 Å². The average molecular weight is 966 g/mol. The van der Waals surface area contributed by atoms with Crippen molar-refractivity contribution in [1.29, 1.82) is 0 Å². The molecule has 3 aliphatic rings. The number of aliphatic hydroxyl groups excluding tert-OH is 9. The maximum atomic E-state index is 12.6. The molecule has 2 bridgehead atoms. The summed E-state index contributed by atoms with van der Waals surface area (Å²) < 4.78 is 23.3. The molecule has 0 aromatic carbocycles. The molecule has 1 amide bonds. The number of rotatable bonds is 4. The van der Waals surface area contributed by atoms with Crippen LogP contribution in [-0.2, 0) is 33.3 Å². The third-order valence-electron chi connectivity index (χ3n) is 12.3. The SMILES string of the molecule is CC(=O)NC1C(O)C(C)OC(OC2C=CC=CC=CC=CC=CC=CC=CC(C)C(O)C(C)C(C)OC(=O)CC(O)CC(O)CCC(O)C(O)CC(O)CC3(O)CC(O)C(C(=O)O)C(C2)O3)C1O. The van der Waals surface area contributed by atoms with Crippen molar-refractivity contribution in [2.24, 2.45) is 17.8 Å². The van der Waals surface area contributed by atoms with Crippen molar-refractivity contribution in [3.05, 3.63) is 85.1 Å². The molecule has 0 radical (unpaired) electrons.